The van der Waals surface area contributed by atoms with Gasteiger partial charge in [0.25, 0.3) is 0 Å². The summed E-state index contributed by atoms with van der Waals surface area (Å²) in [4.78, 5) is 70.7. The number of carbonyl (C=O) groups is 4. The molecule has 8 rings (SSSR count). The van der Waals surface area contributed by atoms with Gasteiger partial charge in [0.1, 0.15) is 23.7 Å². The van der Waals surface area contributed by atoms with E-state index in [0.29, 0.717) is 12.5 Å². The van der Waals surface area contributed by atoms with E-state index in [4.69, 9.17) is 14.7 Å². The highest BCUT2D eigenvalue weighted by Gasteiger charge is 2.51. The van der Waals surface area contributed by atoms with Gasteiger partial charge in [-0.2, -0.15) is 0 Å². The fraction of sp³-hybridized carbons (Fsp3) is 0.415. The molecule has 2 saturated heterocycles. The molecule has 2 aliphatic carbocycles. The van der Waals surface area contributed by atoms with Crippen molar-refractivity contribution in [1.82, 2.24) is 40.4 Å². The lowest BCUT2D eigenvalue weighted by atomic mass is 9.83. The van der Waals surface area contributed by atoms with Gasteiger partial charge in [-0.25, -0.2) is 19.6 Å². The second kappa shape index (κ2) is 14.7. The minimum atomic E-state index is -0.881. The lowest BCUT2D eigenvalue weighted by molar-refractivity contribution is -0.137. The lowest BCUT2D eigenvalue weighted by Crippen LogP contribution is -2.51. The van der Waals surface area contributed by atoms with Crippen LogP contribution in [-0.4, -0.2) is 92.6 Å². The minimum Gasteiger partial charge on any atom is -0.453 e. The Hall–Kier alpha value is -5.92. The van der Waals surface area contributed by atoms with E-state index in [0.717, 1.165) is 79.1 Å². The second-order valence-corrected chi connectivity index (χ2v) is 14.9. The van der Waals surface area contributed by atoms with Crippen molar-refractivity contribution in [3.05, 3.63) is 84.2 Å². The molecule has 2 aromatic carbocycles. The number of nitrogens with one attached hydrogen (secondary N) is 4. The first kappa shape index (κ1) is 36.1. The molecule has 6 atom stereocenters. The SMILES string of the molecule is C=C[C@H](NC(=O)OC)C(=O)N1[C@@H]2CC[C@@H](C2)[C@H]1c1ncc(-c2ccc3c(c2)CCc2cc(-c4cnc([C@@H]5CCCN5C(=O)[C@H](C)NC(=O)OC)[nH]4)ccc2-3)[nH]1. The number of hydrogen-bond donors (Lipinski definition) is 4. The molecule has 3 fully saturated rings. The Morgan fingerprint density at radius 1 is 0.855 bits per heavy atom. The van der Waals surface area contributed by atoms with E-state index in [1.807, 2.05) is 17.3 Å². The molecule has 0 unspecified atom stereocenters. The van der Waals surface area contributed by atoms with E-state index in [1.165, 1.54) is 42.5 Å². The Labute approximate surface area is 319 Å². The second-order valence-electron chi connectivity index (χ2n) is 14.9. The summed E-state index contributed by atoms with van der Waals surface area (Å²) >= 11 is 0. The molecule has 4 amide bonds. The first-order valence-electron chi connectivity index (χ1n) is 19.0. The summed E-state index contributed by atoms with van der Waals surface area (Å²) in [6.07, 6.45) is 10.1. The monoisotopic (exact) mass is 746 g/mol. The summed E-state index contributed by atoms with van der Waals surface area (Å²) < 4.78 is 9.40. The van der Waals surface area contributed by atoms with Crippen molar-refractivity contribution in [3.8, 4) is 33.6 Å². The summed E-state index contributed by atoms with van der Waals surface area (Å²) in [5.41, 5.74) is 8.79. The molecule has 1 saturated carbocycles. The highest BCUT2D eigenvalue weighted by molar-refractivity contribution is 5.88. The van der Waals surface area contributed by atoms with E-state index in [9.17, 15) is 19.2 Å². The standard InChI is InChI=1S/C41H46N8O6/c1-5-31(47-41(53)55-4)39(51)49-28-13-10-27(19-28)35(49)37-43-21-33(46-37)26-12-15-30-24(18-26)9-8-23-17-25(11-14-29(23)30)32-20-42-36(45-32)34-7-6-16-48(34)38(50)22(2)44-40(52)54-3/h5,11-12,14-15,17-18,20-22,27-28,31,34-35H,1,6-10,13,16,19H2,2-4H3,(H,42,45)(H,43,46)(H,44,52)(H,47,53)/t22-,27-,28+,31-,34-,35-/m0/s1. The number of aromatic nitrogens is 4. The number of hydrogen-bond acceptors (Lipinski definition) is 8. The third kappa shape index (κ3) is 6.63. The summed E-state index contributed by atoms with van der Waals surface area (Å²) in [7, 11) is 2.55. The number of likely N-dealkylation sites (tertiary alicyclic amines) is 2. The van der Waals surface area contributed by atoms with Crippen LogP contribution in [0.4, 0.5) is 9.59 Å². The number of rotatable bonds is 9. The summed E-state index contributed by atoms with van der Waals surface area (Å²) in [5, 5.41) is 5.17. The molecular formula is C41H46N8O6. The molecule has 2 bridgehead atoms. The number of H-pyrrole nitrogens is 2. The zero-order valence-corrected chi connectivity index (χ0v) is 31.3. The molecule has 55 heavy (non-hydrogen) atoms. The van der Waals surface area contributed by atoms with Crippen molar-refractivity contribution < 1.29 is 28.7 Å². The van der Waals surface area contributed by atoms with E-state index in [1.54, 1.807) is 11.8 Å². The van der Waals surface area contributed by atoms with Crippen molar-refractivity contribution >= 4 is 24.0 Å². The Kier molecular flexibility index (Phi) is 9.66. The number of carbonyl (C=O) groups excluding carboxylic acids is 4. The number of imidazole rings is 2. The fourth-order valence-corrected chi connectivity index (χ4v) is 9.10. The predicted molar refractivity (Wildman–Crippen MR) is 203 cm³/mol. The van der Waals surface area contributed by atoms with E-state index in [2.05, 4.69) is 68.3 Å². The van der Waals surface area contributed by atoms with Gasteiger partial charge in [0.2, 0.25) is 11.8 Å². The van der Waals surface area contributed by atoms with Gasteiger partial charge in [-0.1, -0.05) is 30.3 Å². The van der Waals surface area contributed by atoms with Gasteiger partial charge in [-0.15, -0.1) is 6.58 Å². The van der Waals surface area contributed by atoms with Gasteiger partial charge in [-0.3, -0.25) is 9.59 Å². The molecule has 286 valence electrons. The molecule has 0 radical (unpaired) electrons. The average Bonchev–Trinajstić information content (AvgIpc) is 4.06. The third-order valence-corrected chi connectivity index (χ3v) is 11.8. The summed E-state index contributed by atoms with van der Waals surface area (Å²) in [6, 6.07) is 11.2. The van der Waals surface area contributed by atoms with Crippen LogP contribution in [0.5, 0.6) is 0 Å². The number of alkyl carbamates (subject to hydrolysis) is 2. The Morgan fingerprint density at radius 3 is 2.11 bits per heavy atom. The number of methoxy groups -OCH3 is 2. The van der Waals surface area contributed by atoms with Crippen LogP contribution in [0.15, 0.2) is 61.4 Å². The van der Waals surface area contributed by atoms with Crippen molar-refractivity contribution in [3.63, 3.8) is 0 Å². The molecule has 4 aromatic rings. The van der Waals surface area contributed by atoms with Crippen molar-refractivity contribution in [2.45, 2.75) is 82.1 Å². The highest BCUT2D eigenvalue weighted by Crippen LogP contribution is 2.50. The minimum absolute atomic E-state index is 0.0954. The zero-order chi connectivity index (χ0) is 38.4. The Morgan fingerprint density at radius 2 is 1.47 bits per heavy atom. The van der Waals surface area contributed by atoms with E-state index >= 15 is 0 Å². The van der Waals surface area contributed by atoms with Crippen LogP contribution >= 0.6 is 0 Å². The average molecular weight is 747 g/mol. The van der Waals surface area contributed by atoms with Crippen LogP contribution < -0.4 is 10.6 Å². The smallest absolute Gasteiger partial charge is 0.407 e. The Bertz CT molecular complexity index is 2160. The molecule has 0 spiro atoms. The van der Waals surface area contributed by atoms with Crippen molar-refractivity contribution in [2.75, 3.05) is 20.8 Å². The van der Waals surface area contributed by atoms with Crippen LogP contribution in [0.2, 0.25) is 0 Å². The normalized spacial score (nSPS) is 22.0. The molecule has 2 aliphatic heterocycles. The topological polar surface area (TPSA) is 175 Å². The van der Waals surface area contributed by atoms with Crippen LogP contribution in [0.1, 0.15) is 73.9 Å². The van der Waals surface area contributed by atoms with Crippen LogP contribution in [0.25, 0.3) is 33.6 Å². The summed E-state index contributed by atoms with van der Waals surface area (Å²) in [6.45, 7) is 6.04. The largest absolute Gasteiger partial charge is 0.453 e. The number of piperidine rings is 1. The van der Waals surface area contributed by atoms with Gasteiger partial charge < -0.3 is 39.9 Å². The number of amides is 4. The fourth-order valence-electron chi connectivity index (χ4n) is 9.10. The number of ether oxygens (including phenoxy) is 2. The molecule has 14 heteroatoms. The first-order chi connectivity index (χ1) is 26.7. The van der Waals surface area contributed by atoms with Crippen LogP contribution in [-0.2, 0) is 31.9 Å². The third-order valence-electron chi connectivity index (χ3n) is 11.8. The van der Waals surface area contributed by atoms with E-state index < -0.39 is 24.3 Å². The molecule has 2 aromatic heterocycles. The quantitative estimate of drug-likeness (QED) is 0.160. The van der Waals surface area contributed by atoms with Gasteiger partial charge in [0, 0.05) is 12.6 Å². The van der Waals surface area contributed by atoms with Gasteiger partial charge >= 0.3 is 12.2 Å². The van der Waals surface area contributed by atoms with Crippen molar-refractivity contribution in [1.29, 1.82) is 0 Å². The molecular weight excluding hydrogens is 701 g/mol. The molecule has 14 nitrogen and oxygen atoms in total. The van der Waals surface area contributed by atoms with Gasteiger partial charge in [0.15, 0.2) is 0 Å². The predicted octanol–water partition coefficient (Wildman–Crippen LogP) is 5.60. The maximum atomic E-state index is 13.7. The molecule has 4 aliphatic rings. The Balaban J connectivity index is 0.980. The number of fused-ring (bicyclic) bond motifs is 5. The molecule has 4 N–H and O–H groups in total. The van der Waals surface area contributed by atoms with Crippen LogP contribution in [0.3, 0.4) is 0 Å². The number of aromatic amines is 2. The maximum absolute atomic E-state index is 13.7. The van der Waals surface area contributed by atoms with Crippen molar-refractivity contribution in [2.24, 2.45) is 5.92 Å². The lowest BCUT2D eigenvalue weighted by Gasteiger charge is -2.36. The molecule has 4 heterocycles. The zero-order valence-electron chi connectivity index (χ0n) is 31.3. The number of aryl methyl sites for hydroxylation is 2. The maximum Gasteiger partial charge on any atom is 0.407 e. The number of nitrogens with zero attached hydrogens (tertiary/aromatic N) is 4. The van der Waals surface area contributed by atoms with E-state index in [-0.39, 0.29) is 29.9 Å². The summed E-state index contributed by atoms with van der Waals surface area (Å²) in [5.74, 6) is 1.42. The van der Waals surface area contributed by atoms with Gasteiger partial charge in [0.05, 0.1) is 50.1 Å². The highest BCUT2D eigenvalue weighted by atomic mass is 16.5. The first-order valence-corrected chi connectivity index (χ1v) is 19.0. The van der Waals surface area contributed by atoms with Crippen LogP contribution in [0, 0.1) is 5.92 Å². The van der Waals surface area contributed by atoms with Gasteiger partial charge in [-0.05, 0) is 103 Å². The number of benzene rings is 2.